The van der Waals surface area contributed by atoms with Crippen LogP contribution in [0.3, 0.4) is 0 Å². The first-order valence-electron chi connectivity index (χ1n) is 4.84. The van der Waals surface area contributed by atoms with Gasteiger partial charge in [0.1, 0.15) is 0 Å². The van der Waals surface area contributed by atoms with Crippen molar-refractivity contribution in [2.24, 2.45) is 0 Å². The minimum absolute atomic E-state index is 0.0714. The van der Waals surface area contributed by atoms with E-state index in [1.165, 1.54) is 38.1 Å². The smallest absolute Gasteiger partial charge is 0.215 e. The fraction of sp³-hybridized carbons (Fsp3) is 1.00. The van der Waals surface area contributed by atoms with Crippen molar-refractivity contribution >= 4 is 57.6 Å². The van der Waals surface area contributed by atoms with E-state index in [2.05, 4.69) is 34.6 Å². The van der Waals surface area contributed by atoms with E-state index in [9.17, 15) is 0 Å². The highest BCUT2D eigenvalue weighted by atomic mass is 31.5. The molecular formula is C6H12BNP3Si3. The average Bonchev–Trinajstić information content (AvgIpc) is 2.11. The van der Waals surface area contributed by atoms with Gasteiger partial charge >= 0.3 is 0 Å². The molecule has 0 spiro atoms. The van der Waals surface area contributed by atoms with Gasteiger partial charge in [0.2, 0.25) is 5.87 Å². The fourth-order valence-corrected chi connectivity index (χ4v) is 21.8. The van der Waals surface area contributed by atoms with Gasteiger partial charge in [0.25, 0.3) is 0 Å². The lowest BCUT2D eigenvalue weighted by molar-refractivity contribution is 0.327. The zero-order valence-electron chi connectivity index (χ0n) is 8.11. The van der Waals surface area contributed by atoms with Gasteiger partial charge in [-0.15, -0.1) is 22.0 Å². The second-order valence-electron chi connectivity index (χ2n) is 3.77. The number of hydrogen-bond acceptors (Lipinski definition) is 1. The van der Waals surface area contributed by atoms with Crippen LogP contribution in [0.1, 0.15) is 0 Å². The number of fused-ring (bicyclic) bond motifs is 6. The summed E-state index contributed by atoms with van der Waals surface area (Å²) in [5.74, 6) is 0.933. The summed E-state index contributed by atoms with van der Waals surface area (Å²) in [6.45, 7) is 3.95. The number of rotatable bonds is 0. The molecule has 71 valence electrons. The highest BCUT2D eigenvalue weighted by Gasteiger charge is 2.35. The largest absolute Gasteiger partial charge is 0.302 e. The Morgan fingerprint density at radius 2 is 1.14 bits per heavy atom. The summed E-state index contributed by atoms with van der Waals surface area (Å²) >= 11 is 0. The van der Waals surface area contributed by atoms with Gasteiger partial charge in [-0.3, -0.25) is 0 Å². The Hall–Kier alpha value is 1.97. The maximum Gasteiger partial charge on any atom is 0.215 e. The Bertz CT molecular complexity index is 179. The number of nitrogens with zero attached hydrogens (tertiary/aromatic N) is 1. The molecule has 8 heteroatoms. The van der Waals surface area contributed by atoms with Crippen molar-refractivity contribution in [2.75, 3.05) is 38.1 Å². The Morgan fingerprint density at radius 3 is 1.50 bits per heavy atom. The van der Waals surface area contributed by atoms with Crippen molar-refractivity contribution in [1.82, 2.24) is 4.90 Å². The third-order valence-corrected chi connectivity index (χ3v) is 19.8. The van der Waals surface area contributed by atoms with E-state index in [1.807, 2.05) is 0 Å². The number of hydrogen-bond donors (Lipinski definition) is 0. The van der Waals surface area contributed by atoms with Crippen LogP contribution in [0.4, 0.5) is 0 Å². The summed E-state index contributed by atoms with van der Waals surface area (Å²) in [5, 5.41) is 0. The molecule has 0 N–H and O–H groups in total. The van der Waals surface area contributed by atoms with Crippen LogP contribution in [-0.4, -0.2) is 78.6 Å². The van der Waals surface area contributed by atoms with Gasteiger partial charge in [0.05, 0.1) is 29.7 Å². The zero-order chi connectivity index (χ0) is 10.1. The van der Waals surface area contributed by atoms with E-state index >= 15 is 0 Å². The maximum atomic E-state index is 4.00. The topological polar surface area (TPSA) is 3.24 Å². The van der Waals surface area contributed by atoms with Gasteiger partial charge < -0.3 is 4.90 Å². The molecule has 2 bridgehead atoms. The Morgan fingerprint density at radius 1 is 0.786 bits per heavy atom. The highest BCUT2D eigenvalue weighted by Crippen LogP contribution is 2.64. The summed E-state index contributed by atoms with van der Waals surface area (Å²) in [5.41, 5.74) is 0. The molecule has 3 saturated heterocycles. The van der Waals surface area contributed by atoms with E-state index < -0.39 is 0 Å². The first-order valence-corrected chi connectivity index (χ1v) is 13.7. The molecule has 3 rings (SSSR count). The van der Waals surface area contributed by atoms with Crippen molar-refractivity contribution in [3.8, 4) is 0 Å². The molecule has 3 heterocycles. The van der Waals surface area contributed by atoms with Crippen molar-refractivity contribution in [3.63, 3.8) is 0 Å². The second-order valence-corrected chi connectivity index (χ2v) is 15.9. The Labute approximate surface area is 101 Å². The molecule has 3 aliphatic rings. The molecule has 3 fully saturated rings. The summed E-state index contributed by atoms with van der Waals surface area (Å²) < 4.78 is 0. The van der Waals surface area contributed by atoms with Crippen LogP contribution in [0.15, 0.2) is 0 Å². The molecule has 3 atom stereocenters. The van der Waals surface area contributed by atoms with Crippen molar-refractivity contribution in [1.29, 1.82) is 0 Å². The lowest BCUT2D eigenvalue weighted by atomic mass is 10.5. The van der Waals surface area contributed by atoms with Crippen molar-refractivity contribution in [3.05, 3.63) is 0 Å². The van der Waals surface area contributed by atoms with E-state index in [1.54, 1.807) is 0 Å². The predicted molar refractivity (Wildman–Crippen MR) is 74.8 cm³/mol. The fourth-order valence-electron chi connectivity index (χ4n) is 1.93. The van der Waals surface area contributed by atoms with Crippen LogP contribution in [0.2, 0.25) is 0 Å². The maximum absolute atomic E-state index is 4.00. The molecule has 0 amide bonds. The molecular weight excluding hydrogens is 274 g/mol. The van der Waals surface area contributed by atoms with Crippen LogP contribution in [0, 0.1) is 0 Å². The third kappa shape index (κ3) is 2.80. The van der Waals surface area contributed by atoms with Gasteiger partial charge in [-0.05, 0) is 18.5 Å². The summed E-state index contributed by atoms with van der Waals surface area (Å²) in [6, 6.07) is 0. The molecule has 0 saturated carbocycles. The first kappa shape index (κ1) is 12.4. The lowest BCUT2D eigenvalue weighted by Crippen LogP contribution is -2.38. The first-order chi connectivity index (χ1) is 6.68. The third-order valence-electron chi connectivity index (χ3n) is 2.81. The van der Waals surface area contributed by atoms with E-state index in [-0.39, 0.29) is 22.0 Å². The van der Waals surface area contributed by atoms with E-state index in [0.29, 0.717) is 0 Å². The molecule has 3 aliphatic heterocycles. The van der Waals surface area contributed by atoms with Gasteiger partial charge in [-0.25, -0.2) is 0 Å². The molecule has 0 aromatic heterocycles. The van der Waals surface area contributed by atoms with Gasteiger partial charge in [0.15, 0.2) is 0 Å². The van der Waals surface area contributed by atoms with Crippen LogP contribution < -0.4 is 0 Å². The molecule has 14 heavy (non-hydrogen) atoms. The standard InChI is InChI=1S/C6H12BNP3Si3/c12-9-4-1-8-2-5-10(13)7(9)11(14)6-3-8/h1-6H2. The van der Waals surface area contributed by atoms with Crippen LogP contribution >= 0.6 is 22.0 Å². The second kappa shape index (κ2) is 5.53. The molecule has 0 aliphatic carbocycles. The van der Waals surface area contributed by atoms with Crippen molar-refractivity contribution in [2.45, 2.75) is 0 Å². The van der Waals surface area contributed by atoms with E-state index in [4.69, 9.17) is 0 Å². The zero-order valence-corrected chi connectivity index (χ0v) is 13.8. The van der Waals surface area contributed by atoms with E-state index in [0.717, 1.165) is 5.87 Å². The summed E-state index contributed by atoms with van der Waals surface area (Å²) in [4.78, 5) is 2.65. The molecule has 0 aromatic carbocycles. The quantitative estimate of drug-likeness (QED) is 0.474. The highest BCUT2D eigenvalue weighted by molar-refractivity contribution is 8.54. The molecule has 0 aromatic rings. The minimum atomic E-state index is 0.0714. The van der Waals surface area contributed by atoms with Crippen LogP contribution in [0.25, 0.3) is 0 Å². The van der Waals surface area contributed by atoms with Crippen LogP contribution in [0.5, 0.6) is 0 Å². The average molecular weight is 286 g/mol. The molecule has 3 unspecified atom stereocenters. The monoisotopic (exact) mass is 286 g/mol. The Kier molecular flexibility index (Phi) is 4.91. The van der Waals surface area contributed by atoms with Crippen LogP contribution in [-0.2, 0) is 0 Å². The van der Waals surface area contributed by atoms with Crippen molar-refractivity contribution < 1.29 is 0 Å². The normalized spacial score (nSPS) is 44.4. The Balaban J connectivity index is 2.17. The molecule has 9 radical (unpaired) electrons. The predicted octanol–water partition coefficient (Wildman–Crippen LogP) is 0.997. The van der Waals surface area contributed by atoms with Gasteiger partial charge in [-0.1, -0.05) is 0 Å². The summed E-state index contributed by atoms with van der Waals surface area (Å²) in [6.07, 6.45) is 4.14. The van der Waals surface area contributed by atoms with Gasteiger partial charge in [-0.2, -0.15) is 0 Å². The van der Waals surface area contributed by atoms with Gasteiger partial charge in [0, 0.05) is 19.6 Å². The SMILES string of the molecule is [Si]P1CCN2CCP([Si])B1P([Si])CC2. The minimum Gasteiger partial charge on any atom is -0.302 e. The lowest BCUT2D eigenvalue weighted by Gasteiger charge is -2.41. The molecule has 1 nitrogen and oxygen atoms in total. The summed E-state index contributed by atoms with van der Waals surface area (Å²) in [7, 11) is 12.2.